The van der Waals surface area contributed by atoms with Gasteiger partial charge in [0.2, 0.25) is 0 Å². The number of rotatable bonds is 15. The van der Waals surface area contributed by atoms with Crippen molar-refractivity contribution in [2.45, 2.75) is 71.2 Å². The van der Waals surface area contributed by atoms with Crippen molar-refractivity contribution in [2.24, 2.45) is 11.8 Å². The monoisotopic (exact) mass is 716 g/mol. The first-order valence-corrected chi connectivity index (χ1v) is 17.5. The van der Waals surface area contributed by atoms with Crippen molar-refractivity contribution in [1.82, 2.24) is 0 Å². The molecule has 0 spiro atoms. The van der Waals surface area contributed by atoms with Crippen molar-refractivity contribution in [3.63, 3.8) is 0 Å². The van der Waals surface area contributed by atoms with Crippen LogP contribution in [0.4, 0.5) is 0 Å². The fraction of sp³-hybridized carbons (Fsp3) is 0.429. The van der Waals surface area contributed by atoms with Crippen LogP contribution in [-0.2, 0) is 4.74 Å². The van der Waals surface area contributed by atoms with Gasteiger partial charge in [-0.1, -0.05) is 38.1 Å². The summed E-state index contributed by atoms with van der Waals surface area (Å²) in [6.45, 7) is 9.95. The molecule has 0 saturated carbocycles. The van der Waals surface area contributed by atoms with E-state index in [0.717, 1.165) is 28.0 Å². The van der Waals surface area contributed by atoms with Gasteiger partial charge in [-0.15, -0.1) is 0 Å². The van der Waals surface area contributed by atoms with Crippen LogP contribution in [-0.4, -0.2) is 58.0 Å². The van der Waals surface area contributed by atoms with Gasteiger partial charge >= 0.3 is 0 Å². The Morgan fingerprint density at radius 2 is 0.885 bits per heavy atom. The lowest BCUT2D eigenvalue weighted by molar-refractivity contribution is 0.0281. The Labute approximate surface area is 307 Å². The summed E-state index contributed by atoms with van der Waals surface area (Å²) in [7, 11) is 7.95. The number of aliphatic hydroxyl groups excluding tert-OH is 2. The zero-order chi connectivity index (χ0) is 37.7. The second-order valence-corrected chi connectivity index (χ2v) is 13.4. The number of aliphatic hydroxyl groups is 2. The Bertz CT molecular complexity index is 1810. The molecule has 10 nitrogen and oxygen atoms in total. The fourth-order valence-corrected chi connectivity index (χ4v) is 6.83. The molecule has 1 aliphatic heterocycles. The van der Waals surface area contributed by atoms with E-state index in [9.17, 15) is 10.2 Å². The van der Waals surface area contributed by atoms with Crippen LogP contribution in [0, 0.1) is 18.8 Å². The van der Waals surface area contributed by atoms with Crippen molar-refractivity contribution < 1.29 is 48.1 Å². The Kier molecular flexibility index (Phi) is 12.5. The Morgan fingerprint density at radius 3 is 1.31 bits per heavy atom. The van der Waals surface area contributed by atoms with E-state index in [1.54, 1.807) is 60.7 Å². The van der Waals surface area contributed by atoms with Crippen LogP contribution in [0.5, 0.6) is 40.2 Å². The van der Waals surface area contributed by atoms with Gasteiger partial charge in [-0.3, -0.25) is 0 Å². The van der Waals surface area contributed by atoms with E-state index in [1.807, 2.05) is 68.4 Å². The van der Waals surface area contributed by atoms with Gasteiger partial charge in [-0.2, -0.15) is 0 Å². The molecule has 1 saturated heterocycles. The summed E-state index contributed by atoms with van der Waals surface area (Å²) >= 11 is 0. The molecule has 0 aliphatic carbocycles. The molecule has 8 unspecified atom stereocenters. The van der Waals surface area contributed by atoms with Gasteiger partial charge in [0.1, 0.15) is 30.2 Å². The summed E-state index contributed by atoms with van der Waals surface area (Å²) in [5.74, 6) is 4.37. The van der Waals surface area contributed by atoms with Crippen molar-refractivity contribution in [3.05, 3.63) is 101 Å². The standard InChI is InChI=1S/C42H52O10/c1-23-19-28(11-15-32(23)45-6)39(43)26(4)50-34-17-13-30(21-37(34)48-9)41-24(2)25(3)42(52-41)31-14-18-35(38(22-31)49-10)51-27(5)40(44)29-12-16-33(46-7)36(20-29)47-8/h11-22,24-27,39-44H,1-10H3. The smallest absolute Gasteiger partial charge is 0.161 e. The van der Waals surface area contributed by atoms with Crippen molar-refractivity contribution in [3.8, 4) is 40.2 Å². The van der Waals surface area contributed by atoms with Crippen LogP contribution in [0.15, 0.2) is 72.8 Å². The van der Waals surface area contributed by atoms with Crippen LogP contribution in [0.3, 0.4) is 0 Å². The van der Waals surface area contributed by atoms with Gasteiger partial charge in [0.05, 0.1) is 47.8 Å². The average Bonchev–Trinajstić information content (AvgIpc) is 3.46. The maximum Gasteiger partial charge on any atom is 0.161 e. The lowest BCUT2D eigenvalue weighted by atomic mass is 9.85. The molecule has 4 aromatic rings. The summed E-state index contributed by atoms with van der Waals surface area (Å²) in [4.78, 5) is 0. The third-order valence-electron chi connectivity index (χ3n) is 10.1. The average molecular weight is 717 g/mol. The molecular formula is C42H52O10. The van der Waals surface area contributed by atoms with Gasteiger partial charge in [0.25, 0.3) is 0 Å². The number of hydrogen-bond acceptors (Lipinski definition) is 10. The molecule has 0 amide bonds. The Hall–Kier alpha value is -4.64. The van der Waals surface area contributed by atoms with E-state index in [2.05, 4.69) is 13.8 Å². The van der Waals surface area contributed by atoms with E-state index in [4.69, 9.17) is 37.9 Å². The first kappa shape index (κ1) is 38.6. The van der Waals surface area contributed by atoms with Gasteiger partial charge in [-0.05, 0) is 109 Å². The van der Waals surface area contributed by atoms with Crippen molar-refractivity contribution >= 4 is 0 Å². The molecule has 8 atom stereocenters. The van der Waals surface area contributed by atoms with Crippen LogP contribution in [0.25, 0.3) is 0 Å². The lowest BCUT2D eigenvalue weighted by Crippen LogP contribution is -2.22. The maximum absolute atomic E-state index is 11.1. The first-order chi connectivity index (χ1) is 24.9. The van der Waals surface area contributed by atoms with Crippen LogP contribution < -0.4 is 33.2 Å². The zero-order valence-corrected chi connectivity index (χ0v) is 31.7. The summed E-state index contributed by atoms with van der Waals surface area (Å²) in [6.07, 6.45) is -3.33. The van der Waals surface area contributed by atoms with Crippen LogP contribution in [0.2, 0.25) is 0 Å². The fourth-order valence-electron chi connectivity index (χ4n) is 6.83. The molecule has 0 bridgehead atoms. The molecule has 4 aromatic carbocycles. The molecular weight excluding hydrogens is 664 g/mol. The first-order valence-electron chi connectivity index (χ1n) is 17.5. The highest BCUT2D eigenvalue weighted by molar-refractivity contribution is 5.47. The summed E-state index contributed by atoms with van der Waals surface area (Å²) in [6, 6.07) is 22.5. The summed E-state index contributed by atoms with van der Waals surface area (Å²) < 4.78 is 46.8. The lowest BCUT2D eigenvalue weighted by Gasteiger charge is -2.24. The molecule has 280 valence electrons. The molecule has 2 N–H and O–H groups in total. The van der Waals surface area contributed by atoms with Crippen LogP contribution in [0.1, 0.15) is 79.9 Å². The third-order valence-corrected chi connectivity index (χ3v) is 10.1. The number of aryl methyl sites for hydroxylation is 1. The van der Waals surface area contributed by atoms with Crippen LogP contribution >= 0.6 is 0 Å². The predicted molar refractivity (Wildman–Crippen MR) is 198 cm³/mol. The van der Waals surface area contributed by atoms with Crippen molar-refractivity contribution in [2.75, 3.05) is 35.5 Å². The highest BCUT2D eigenvalue weighted by Crippen LogP contribution is 2.51. The largest absolute Gasteiger partial charge is 0.496 e. The molecule has 0 aromatic heterocycles. The van der Waals surface area contributed by atoms with E-state index in [1.165, 1.54) is 0 Å². The van der Waals surface area contributed by atoms with Gasteiger partial charge in [0.15, 0.2) is 34.5 Å². The highest BCUT2D eigenvalue weighted by atomic mass is 16.5. The minimum atomic E-state index is -0.927. The van der Waals surface area contributed by atoms with E-state index in [0.29, 0.717) is 40.1 Å². The van der Waals surface area contributed by atoms with E-state index >= 15 is 0 Å². The topological polar surface area (TPSA) is 114 Å². The zero-order valence-electron chi connectivity index (χ0n) is 31.7. The Balaban J connectivity index is 1.29. The maximum atomic E-state index is 11.1. The minimum Gasteiger partial charge on any atom is -0.496 e. The number of benzene rings is 4. The predicted octanol–water partition coefficient (Wildman–Crippen LogP) is 8.12. The van der Waals surface area contributed by atoms with Crippen molar-refractivity contribution in [1.29, 1.82) is 0 Å². The second kappa shape index (κ2) is 16.8. The second-order valence-electron chi connectivity index (χ2n) is 13.4. The summed E-state index contributed by atoms with van der Waals surface area (Å²) in [5.41, 5.74) is 4.25. The molecule has 5 rings (SSSR count). The van der Waals surface area contributed by atoms with Gasteiger partial charge in [0, 0.05) is 0 Å². The van der Waals surface area contributed by atoms with E-state index in [-0.39, 0.29) is 24.0 Å². The SMILES string of the molecule is COc1ccc(C(O)C(C)Oc2ccc(C3OC(c4ccc(OC(C)C(O)c5ccc(OC)c(OC)c5)c(OC)c4)C(C)C3C)cc2OC)cc1C. The van der Waals surface area contributed by atoms with Gasteiger partial charge < -0.3 is 48.1 Å². The molecule has 10 heteroatoms. The summed E-state index contributed by atoms with van der Waals surface area (Å²) in [5, 5.41) is 22.2. The number of hydrogen-bond donors (Lipinski definition) is 2. The third kappa shape index (κ3) is 8.04. The quantitative estimate of drug-likeness (QED) is 0.125. The molecule has 0 radical (unpaired) electrons. The molecule has 52 heavy (non-hydrogen) atoms. The number of ether oxygens (including phenoxy) is 8. The number of methoxy groups -OCH3 is 5. The van der Waals surface area contributed by atoms with Gasteiger partial charge in [-0.25, -0.2) is 0 Å². The highest BCUT2D eigenvalue weighted by Gasteiger charge is 2.41. The Morgan fingerprint density at radius 1 is 0.500 bits per heavy atom. The molecule has 1 heterocycles. The van der Waals surface area contributed by atoms with E-state index < -0.39 is 24.4 Å². The minimum absolute atomic E-state index is 0.178. The normalized spacial score (nSPS) is 20.7. The molecule has 1 aliphatic rings. The molecule has 1 fully saturated rings.